The molecule has 3 aromatic rings. The summed E-state index contributed by atoms with van der Waals surface area (Å²) in [4.78, 5) is 12.4. The molecule has 190 valence electrons. The minimum Gasteiger partial charge on any atom is -0.466 e. The van der Waals surface area contributed by atoms with Crippen molar-refractivity contribution in [3.8, 4) is 0 Å². The molecule has 1 fully saturated rings. The summed E-state index contributed by atoms with van der Waals surface area (Å²) in [6.07, 6.45) is -1.67. The maximum absolute atomic E-state index is 12.4. The Morgan fingerprint density at radius 2 is 1.17 bits per heavy atom. The molecule has 36 heavy (non-hydrogen) atoms. The normalized spacial score (nSPS) is 21.4. The van der Waals surface area contributed by atoms with Crippen molar-refractivity contribution >= 4 is 5.97 Å². The van der Waals surface area contributed by atoms with E-state index < -0.39 is 24.4 Å². The van der Waals surface area contributed by atoms with Crippen molar-refractivity contribution in [3.63, 3.8) is 0 Å². The first kappa shape index (κ1) is 26.0. The molecular formula is C30H34O6. The SMILES string of the molecule is CCOC(=O)C[C@@H]1O[C@H](COCc2ccccc2)[C@@H](OCc2ccccc2)[C@@H]1OCc1ccccc1. The fraction of sp³-hybridized carbons (Fsp3) is 0.367. The van der Waals surface area contributed by atoms with Crippen LogP contribution in [0.2, 0.25) is 0 Å². The number of rotatable bonds is 13. The smallest absolute Gasteiger partial charge is 0.308 e. The van der Waals surface area contributed by atoms with Gasteiger partial charge in [0.15, 0.2) is 0 Å². The van der Waals surface area contributed by atoms with Crippen molar-refractivity contribution in [1.29, 1.82) is 0 Å². The number of hydrogen-bond donors (Lipinski definition) is 0. The summed E-state index contributed by atoms with van der Waals surface area (Å²) in [5, 5.41) is 0. The van der Waals surface area contributed by atoms with E-state index in [4.69, 9.17) is 23.7 Å². The molecule has 6 heteroatoms. The molecule has 1 aliphatic rings. The molecule has 6 nitrogen and oxygen atoms in total. The van der Waals surface area contributed by atoms with Crippen LogP contribution in [0.4, 0.5) is 0 Å². The summed E-state index contributed by atoms with van der Waals surface area (Å²) in [7, 11) is 0. The summed E-state index contributed by atoms with van der Waals surface area (Å²) >= 11 is 0. The standard InChI is InChI=1S/C30H34O6/c1-2-33-28(31)18-26-29(34-20-24-14-8-4-9-15-24)30(35-21-25-16-10-5-11-17-25)27(36-26)22-32-19-23-12-6-3-7-13-23/h3-17,26-27,29-30H,2,18-22H2,1H3/t26-,27+,29+,30+/m0/s1. The highest BCUT2D eigenvalue weighted by Crippen LogP contribution is 2.31. The lowest BCUT2D eigenvalue weighted by Gasteiger charge is -2.25. The van der Waals surface area contributed by atoms with E-state index in [1.165, 1.54) is 0 Å². The van der Waals surface area contributed by atoms with Gasteiger partial charge in [-0.05, 0) is 23.6 Å². The van der Waals surface area contributed by atoms with Gasteiger partial charge in [0, 0.05) is 0 Å². The minimum absolute atomic E-state index is 0.0910. The molecule has 0 unspecified atom stereocenters. The first-order valence-corrected chi connectivity index (χ1v) is 12.5. The van der Waals surface area contributed by atoms with Gasteiger partial charge in [0.1, 0.15) is 18.3 Å². The van der Waals surface area contributed by atoms with Crippen LogP contribution in [0.15, 0.2) is 91.0 Å². The van der Waals surface area contributed by atoms with E-state index in [0.717, 1.165) is 16.7 Å². The van der Waals surface area contributed by atoms with Crippen LogP contribution in [0.5, 0.6) is 0 Å². The predicted octanol–water partition coefficient (Wildman–Crippen LogP) is 5.09. The molecule has 1 heterocycles. The third-order valence-electron chi connectivity index (χ3n) is 6.04. The zero-order chi connectivity index (χ0) is 25.0. The number of benzene rings is 3. The number of esters is 1. The lowest BCUT2D eigenvalue weighted by atomic mass is 10.0. The van der Waals surface area contributed by atoms with Gasteiger partial charge in [-0.15, -0.1) is 0 Å². The Hall–Kier alpha value is -3.03. The highest BCUT2D eigenvalue weighted by molar-refractivity contribution is 5.70. The van der Waals surface area contributed by atoms with E-state index in [9.17, 15) is 4.79 Å². The maximum Gasteiger partial charge on any atom is 0.308 e. The van der Waals surface area contributed by atoms with E-state index >= 15 is 0 Å². The van der Waals surface area contributed by atoms with Gasteiger partial charge in [-0.1, -0.05) is 91.0 Å². The van der Waals surface area contributed by atoms with Crippen LogP contribution in [0.1, 0.15) is 30.0 Å². The highest BCUT2D eigenvalue weighted by atomic mass is 16.6. The van der Waals surface area contributed by atoms with Crippen LogP contribution in [0.25, 0.3) is 0 Å². The Labute approximate surface area is 213 Å². The third kappa shape index (κ3) is 7.73. The van der Waals surface area contributed by atoms with Gasteiger partial charge in [0.25, 0.3) is 0 Å². The molecule has 4 rings (SSSR count). The summed E-state index contributed by atoms with van der Waals surface area (Å²) in [5.74, 6) is -0.316. The molecule has 0 amide bonds. The second-order valence-corrected chi connectivity index (χ2v) is 8.75. The van der Waals surface area contributed by atoms with Gasteiger partial charge in [-0.3, -0.25) is 4.79 Å². The van der Waals surface area contributed by atoms with Gasteiger partial charge in [0.05, 0.1) is 45.6 Å². The second-order valence-electron chi connectivity index (χ2n) is 8.75. The van der Waals surface area contributed by atoms with Crippen molar-refractivity contribution in [1.82, 2.24) is 0 Å². The monoisotopic (exact) mass is 490 g/mol. The number of carbonyl (C=O) groups is 1. The van der Waals surface area contributed by atoms with Crippen molar-refractivity contribution < 1.29 is 28.5 Å². The zero-order valence-corrected chi connectivity index (χ0v) is 20.7. The zero-order valence-electron chi connectivity index (χ0n) is 20.7. The van der Waals surface area contributed by atoms with Gasteiger partial charge >= 0.3 is 5.97 Å². The van der Waals surface area contributed by atoms with Gasteiger partial charge < -0.3 is 23.7 Å². The Kier molecular flexibility index (Phi) is 10.1. The lowest BCUT2D eigenvalue weighted by molar-refractivity contribution is -0.148. The van der Waals surface area contributed by atoms with Crippen LogP contribution in [-0.2, 0) is 48.3 Å². The highest BCUT2D eigenvalue weighted by Gasteiger charge is 2.47. The topological polar surface area (TPSA) is 63.2 Å². The summed E-state index contributed by atoms with van der Waals surface area (Å²) in [5.41, 5.74) is 3.17. The first-order chi connectivity index (χ1) is 17.7. The largest absolute Gasteiger partial charge is 0.466 e. The van der Waals surface area contributed by atoms with Gasteiger partial charge in [-0.2, -0.15) is 0 Å². The van der Waals surface area contributed by atoms with Crippen LogP contribution in [-0.4, -0.2) is 43.6 Å². The van der Waals surface area contributed by atoms with Gasteiger partial charge in [0.2, 0.25) is 0 Å². The number of ether oxygens (including phenoxy) is 5. The molecule has 4 atom stereocenters. The van der Waals surface area contributed by atoms with Crippen LogP contribution in [0.3, 0.4) is 0 Å². The Balaban J connectivity index is 1.49. The fourth-order valence-corrected chi connectivity index (χ4v) is 4.29. The van der Waals surface area contributed by atoms with Gasteiger partial charge in [-0.25, -0.2) is 0 Å². The number of carbonyl (C=O) groups excluding carboxylic acids is 1. The molecule has 0 spiro atoms. The molecule has 0 aliphatic carbocycles. The van der Waals surface area contributed by atoms with E-state index in [2.05, 4.69) is 0 Å². The maximum atomic E-state index is 12.4. The molecule has 0 saturated carbocycles. The Bertz CT molecular complexity index is 1030. The molecule has 0 N–H and O–H groups in total. The Morgan fingerprint density at radius 1 is 0.694 bits per heavy atom. The summed E-state index contributed by atoms with van der Waals surface area (Å²) in [6.45, 7) is 3.68. The molecule has 1 aliphatic heterocycles. The Morgan fingerprint density at radius 3 is 1.67 bits per heavy atom. The summed E-state index contributed by atoms with van der Waals surface area (Å²) in [6, 6.07) is 29.9. The summed E-state index contributed by atoms with van der Waals surface area (Å²) < 4.78 is 30.3. The second kappa shape index (κ2) is 13.9. The minimum atomic E-state index is -0.501. The van der Waals surface area contributed by atoms with Crippen molar-refractivity contribution in [2.24, 2.45) is 0 Å². The van der Waals surface area contributed by atoms with E-state index in [-0.39, 0.29) is 12.4 Å². The third-order valence-corrected chi connectivity index (χ3v) is 6.04. The van der Waals surface area contributed by atoms with Crippen LogP contribution < -0.4 is 0 Å². The number of hydrogen-bond acceptors (Lipinski definition) is 6. The van der Waals surface area contributed by atoms with Crippen molar-refractivity contribution in [3.05, 3.63) is 108 Å². The van der Waals surface area contributed by atoms with Crippen LogP contribution >= 0.6 is 0 Å². The first-order valence-electron chi connectivity index (χ1n) is 12.5. The lowest BCUT2D eigenvalue weighted by Crippen LogP contribution is -2.39. The van der Waals surface area contributed by atoms with Crippen molar-refractivity contribution in [2.75, 3.05) is 13.2 Å². The van der Waals surface area contributed by atoms with Crippen molar-refractivity contribution in [2.45, 2.75) is 57.6 Å². The fourth-order valence-electron chi connectivity index (χ4n) is 4.29. The molecule has 3 aromatic carbocycles. The quantitative estimate of drug-likeness (QED) is 0.311. The molecular weight excluding hydrogens is 456 g/mol. The molecule has 0 aromatic heterocycles. The average Bonchev–Trinajstić information content (AvgIpc) is 3.23. The van der Waals surface area contributed by atoms with E-state index in [1.807, 2.05) is 91.0 Å². The predicted molar refractivity (Wildman–Crippen MR) is 136 cm³/mol. The van der Waals surface area contributed by atoms with Crippen LogP contribution in [0, 0.1) is 0 Å². The van der Waals surface area contributed by atoms with E-state index in [1.54, 1.807) is 6.92 Å². The molecule has 1 saturated heterocycles. The van der Waals surface area contributed by atoms with E-state index in [0.29, 0.717) is 33.0 Å². The average molecular weight is 491 g/mol. The molecule has 0 radical (unpaired) electrons. The molecule has 0 bridgehead atoms.